The van der Waals surface area contributed by atoms with Crippen LogP contribution in [0.3, 0.4) is 0 Å². The number of carbonyl (C=O) groups excluding carboxylic acids is 2. The fraction of sp³-hybridized carbons (Fsp3) is 0.273. The first-order valence-corrected chi connectivity index (χ1v) is 5.61. The number of imide groups is 1. The summed E-state index contributed by atoms with van der Waals surface area (Å²) in [6.07, 6.45) is -4.65. The second-order valence-electron chi connectivity index (χ2n) is 3.95. The molecule has 0 aliphatic heterocycles. The van der Waals surface area contributed by atoms with Crippen molar-refractivity contribution in [3.8, 4) is 0 Å². The number of nitrogens with one attached hydrogen (secondary N) is 3. The Kier molecular flexibility index (Phi) is 5.60. The van der Waals surface area contributed by atoms with Crippen molar-refractivity contribution in [1.29, 1.82) is 0 Å². The van der Waals surface area contributed by atoms with E-state index in [1.54, 1.807) is 0 Å². The van der Waals surface area contributed by atoms with Crippen LogP contribution in [0.1, 0.15) is 0 Å². The molecular weight excluding hydrogens is 320 g/mol. The lowest BCUT2D eigenvalue weighted by atomic mass is 10.3. The number of rotatable bonds is 4. The topological polar surface area (TPSA) is 70.2 Å². The Morgan fingerprint density at radius 1 is 1.00 bits per heavy atom. The van der Waals surface area contributed by atoms with E-state index in [9.17, 15) is 35.9 Å². The summed E-state index contributed by atoms with van der Waals surface area (Å²) in [5.41, 5.74) is -0.551. The van der Waals surface area contributed by atoms with Gasteiger partial charge < -0.3 is 10.6 Å². The number of amides is 3. The van der Waals surface area contributed by atoms with Crippen LogP contribution in [0.4, 0.5) is 36.8 Å². The lowest BCUT2D eigenvalue weighted by molar-refractivity contribution is -0.124. The van der Waals surface area contributed by atoms with Crippen LogP contribution in [0.25, 0.3) is 0 Å². The average molecular weight is 329 g/mol. The Balaban J connectivity index is 2.47. The molecule has 0 aliphatic rings. The summed E-state index contributed by atoms with van der Waals surface area (Å²) >= 11 is 0. The van der Waals surface area contributed by atoms with Crippen LogP contribution in [0.2, 0.25) is 0 Å². The molecular formula is C11H9F6N3O2. The summed E-state index contributed by atoms with van der Waals surface area (Å²) in [5, 5.41) is 4.96. The zero-order chi connectivity index (χ0) is 16.9. The normalized spacial score (nSPS) is 11.0. The van der Waals surface area contributed by atoms with Gasteiger partial charge in [-0.3, -0.25) is 10.1 Å². The van der Waals surface area contributed by atoms with Gasteiger partial charge in [0.15, 0.2) is 11.6 Å². The molecule has 0 saturated heterocycles. The van der Waals surface area contributed by atoms with Gasteiger partial charge in [-0.05, 0) is 0 Å². The molecule has 0 atom stereocenters. The number of halogens is 6. The number of hydrogen-bond acceptors (Lipinski definition) is 3. The van der Waals surface area contributed by atoms with Crippen LogP contribution in [-0.2, 0) is 4.79 Å². The molecule has 0 saturated carbocycles. The van der Waals surface area contributed by atoms with E-state index in [0.717, 1.165) is 0 Å². The van der Waals surface area contributed by atoms with Crippen molar-refractivity contribution >= 4 is 17.6 Å². The minimum Gasteiger partial charge on any atom is -0.374 e. The number of urea groups is 1. The van der Waals surface area contributed by atoms with E-state index in [1.165, 1.54) is 10.6 Å². The summed E-state index contributed by atoms with van der Waals surface area (Å²) < 4.78 is 74.1. The van der Waals surface area contributed by atoms with Crippen LogP contribution in [0, 0.1) is 17.5 Å². The van der Waals surface area contributed by atoms with Crippen molar-refractivity contribution in [3.63, 3.8) is 0 Å². The van der Waals surface area contributed by atoms with Gasteiger partial charge in [0, 0.05) is 12.1 Å². The van der Waals surface area contributed by atoms with E-state index in [1.807, 2.05) is 0 Å². The quantitative estimate of drug-likeness (QED) is 0.584. The van der Waals surface area contributed by atoms with Gasteiger partial charge in [0.1, 0.15) is 12.4 Å². The van der Waals surface area contributed by atoms with Crippen molar-refractivity contribution in [2.45, 2.75) is 6.18 Å². The monoisotopic (exact) mass is 329 g/mol. The molecule has 1 aromatic carbocycles. The van der Waals surface area contributed by atoms with Gasteiger partial charge in [0.2, 0.25) is 5.91 Å². The summed E-state index contributed by atoms with van der Waals surface area (Å²) in [5.74, 6) is -5.09. The van der Waals surface area contributed by atoms with Gasteiger partial charge in [-0.2, -0.15) is 13.2 Å². The molecule has 0 aliphatic carbocycles. The maximum Gasteiger partial charge on any atom is 0.405 e. The van der Waals surface area contributed by atoms with Crippen LogP contribution < -0.4 is 16.0 Å². The van der Waals surface area contributed by atoms with E-state index >= 15 is 0 Å². The minimum absolute atomic E-state index is 0.242. The van der Waals surface area contributed by atoms with E-state index in [-0.39, 0.29) is 6.07 Å². The maximum atomic E-state index is 13.2. The number of alkyl halides is 3. The molecule has 5 nitrogen and oxygen atoms in total. The second-order valence-corrected chi connectivity index (χ2v) is 3.95. The molecule has 11 heteroatoms. The zero-order valence-corrected chi connectivity index (χ0v) is 10.7. The summed E-state index contributed by atoms with van der Waals surface area (Å²) in [6, 6.07) is -0.720. The van der Waals surface area contributed by atoms with Gasteiger partial charge in [0.25, 0.3) is 0 Å². The molecule has 0 bridgehead atoms. The first-order valence-electron chi connectivity index (χ1n) is 5.61. The van der Waals surface area contributed by atoms with Gasteiger partial charge in [-0.15, -0.1) is 0 Å². The van der Waals surface area contributed by atoms with Crippen molar-refractivity contribution in [2.75, 3.05) is 18.4 Å². The zero-order valence-electron chi connectivity index (χ0n) is 10.7. The summed E-state index contributed by atoms with van der Waals surface area (Å²) in [4.78, 5) is 22.1. The highest BCUT2D eigenvalue weighted by atomic mass is 19.4. The molecule has 0 heterocycles. The second kappa shape index (κ2) is 7.00. The lowest BCUT2D eigenvalue weighted by Gasteiger charge is -2.10. The highest BCUT2D eigenvalue weighted by Gasteiger charge is 2.27. The molecule has 122 valence electrons. The summed E-state index contributed by atoms with van der Waals surface area (Å²) in [6.45, 7) is -2.39. The summed E-state index contributed by atoms with van der Waals surface area (Å²) in [7, 11) is 0. The average Bonchev–Trinajstić information content (AvgIpc) is 2.38. The Bertz CT molecular complexity index is 576. The third-order valence-corrected chi connectivity index (χ3v) is 2.15. The molecule has 3 N–H and O–H groups in total. The van der Waals surface area contributed by atoms with Crippen LogP contribution in [-0.4, -0.2) is 31.2 Å². The molecule has 0 unspecified atom stereocenters. The van der Waals surface area contributed by atoms with E-state index in [0.29, 0.717) is 6.07 Å². The lowest BCUT2D eigenvalue weighted by Crippen LogP contribution is -2.45. The Labute approximate surface area is 119 Å². The Morgan fingerprint density at radius 3 is 2.18 bits per heavy atom. The maximum absolute atomic E-state index is 13.2. The van der Waals surface area contributed by atoms with E-state index in [4.69, 9.17) is 0 Å². The van der Waals surface area contributed by atoms with Crippen molar-refractivity contribution < 1.29 is 35.9 Å². The van der Waals surface area contributed by atoms with Gasteiger partial charge in [-0.1, -0.05) is 0 Å². The molecule has 0 radical (unpaired) electrons. The first-order chi connectivity index (χ1) is 10.1. The Morgan fingerprint density at radius 2 is 1.59 bits per heavy atom. The predicted octanol–water partition coefficient (Wildman–Crippen LogP) is 1.90. The van der Waals surface area contributed by atoms with E-state index in [2.05, 4.69) is 5.32 Å². The molecule has 0 fully saturated rings. The smallest absolute Gasteiger partial charge is 0.374 e. The van der Waals surface area contributed by atoms with Gasteiger partial charge >= 0.3 is 12.2 Å². The third kappa shape index (κ3) is 5.89. The number of benzene rings is 1. The largest absolute Gasteiger partial charge is 0.405 e. The fourth-order valence-electron chi connectivity index (χ4n) is 1.23. The highest BCUT2D eigenvalue weighted by Crippen LogP contribution is 2.17. The van der Waals surface area contributed by atoms with Gasteiger partial charge in [0.05, 0.1) is 12.2 Å². The van der Waals surface area contributed by atoms with Crippen molar-refractivity contribution in [2.24, 2.45) is 0 Å². The minimum atomic E-state index is -4.65. The molecule has 1 aromatic rings. The third-order valence-electron chi connectivity index (χ3n) is 2.15. The molecule has 22 heavy (non-hydrogen) atoms. The van der Waals surface area contributed by atoms with Crippen LogP contribution >= 0.6 is 0 Å². The van der Waals surface area contributed by atoms with Crippen LogP contribution in [0.15, 0.2) is 12.1 Å². The predicted molar refractivity (Wildman–Crippen MR) is 62.4 cm³/mol. The number of carbonyl (C=O) groups is 2. The van der Waals surface area contributed by atoms with E-state index < -0.39 is 54.3 Å². The van der Waals surface area contributed by atoms with Crippen molar-refractivity contribution in [1.82, 2.24) is 10.6 Å². The highest BCUT2D eigenvalue weighted by molar-refractivity contribution is 5.96. The van der Waals surface area contributed by atoms with Crippen LogP contribution in [0.5, 0.6) is 0 Å². The molecule has 3 amide bonds. The Hall–Kier alpha value is -2.46. The number of hydrogen-bond donors (Lipinski definition) is 3. The number of anilines is 1. The standard InChI is InChI=1S/C11H9F6N3O2/c12-5-1-7(14)8(2-6(5)13)18-3-9(21)20-10(22)19-4-11(15,16)17/h1-2,18H,3-4H2,(H2,19,20,21,22). The molecule has 0 aromatic heterocycles. The fourth-order valence-corrected chi connectivity index (χ4v) is 1.23. The van der Waals surface area contributed by atoms with Gasteiger partial charge in [-0.25, -0.2) is 18.0 Å². The van der Waals surface area contributed by atoms with Crippen molar-refractivity contribution in [3.05, 3.63) is 29.6 Å². The first kappa shape index (κ1) is 17.6. The molecule has 0 spiro atoms. The SMILES string of the molecule is O=C(CNc1cc(F)c(F)cc1F)NC(=O)NCC(F)(F)F. The molecule has 1 rings (SSSR count).